The van der Waals surface area contributed by atoms with E-state index in [4.69, 9.17) is 0 Å². The molecule has 2 N–H and O–H groups in total. The van der Waals surface area contributed by atoms with Gasteiger partial charge in [0.05, 0.1) is 12.2 Å². The molecule has 0 atom stereocenters. The van der Waals surface area contributed by atoms with Crippen LogP contribution in [-0.4, -0.2) is 47.7 Å². The lowest BCUT2D eigenvalue weighted by atomic mass is 10.1. The zero-order valence-corrected chi connectivity index (χ0v) is 15.2. The highest BCUT2D eigenvalue weighted by molar-refractivity contribution is 6.02. The first-order chi connectivity index (χ1) is 12.3. The number of nitrogens with one attached hydrogen (secondary N) is 2. The third-order valence-corrected chi connectivity index (χ3v) is 3.88. The first-order valence-corrected chi connectivity index (χ1v) is 8.63. The quantitative estimate of drug-likeness (QED) is 0.785. The van der Waals surface area contributed by atoms with E-state index in [2.05, 4.69) is 10.7 Å². The Kier molecular flexibility index (Phi) is 6.32. The summed E-state index contributed by atoms with van der Waals surface area (Å²) < 4.78 is 0. The lowest BCUT2D eigenvalue weighted by molar-refractivity contribution is -0.130. The first kappa shape index (κ1) is 19.4. The fourth-order valence-corrected chi connectivity index (χ4v) is 2.59. The van der Waals surface area contributed by atoms with Crippen LogP contribution in [0.4, 0.5) is 5.69 Å². The maximum atomic E-state index is 12.6. The number of hydrogen-bond donors (Lipinski definition) is 2. The molecule has 1 aromatic rings. The highest BCUT2D eigenvalue weighted by Crippen LogP contribution is 2.18. The number of hydrogen-bond acceptors (Lipinski definition) is 4. The number of hydrazine groups is 1. The van der Waals surface area contributed by atoms with Gasteiger partial charge < -0.3 is 10.2 Å². The summed E-state index contributed by atoms with van der Waals surface area (Å²) in [5.74, 6) is -0.914. The summed E-state index contributed by atoms with van der Waals surface area (Å²) in [6.07, 6.45) is 0.330. The second kappa shape index (κ2) is 8.46. The van der Waals surface area contributed by atoms with E-state index in [-0.39, 0.29) is 49.1 Å². The van der Waals surface area contributed by atoms with E-state index in [9.17, 15) is 19.2 Å². The topological polar surface area (TPSA) is 98.8 Å². The second-order valence-electron chi connectivity index (χ2n) is 6.35. The van der Waals surface area contributed by atoms with Gasteiger partial charge in [0, 0.05) is 31.0 Å². The molecule has 0 aromatic heterocycles. The van der Waals surface area contributed by atoms with Crippen molar-refractivity contribution >= 4 is 29.3 Å². The largest absolute Gasteiger partial charge is 0.352 e. The Labute approximate surface area is 152 Å². The summed E-state index contributed by atoms with van der Waals surface area (Å²) in [6, 6.07) is 6.36. The SMILES string of the molecule is CCN(CC(=O)NC(C)C)C(=O)c1ccc(N2NC(=O)CCC2=O)cc1. The van der Waals surface area contributed by atoms with Crippen LogP contribution in [0.15, 0.2) is 24.3 Å². The smallest absolute Gasteiger partial charge is 0.254 e. The minimum atomic E-state index is -0.271. The highest BCUT2D eigenvalue weighted by atomic mass is 16.2. The van der Waals surface area contributed by atoms with Crippen molar-refractivity contribution in [2.45, 2.75) is 39.7 Å². The fraction of sp³-hybridized carbons (Fsp3) is 0.444. The van der Waals surface area contributed by atoms with E-state index in [1.165, 1.54) is 9.91 Å². The van der Waals surface area contributed by atoms with Gasteiger partial charge in [0.25, 0.3) is 5.91 Å². The third-order valence-electron chi connectivity index (χ3n) is 3.88. The Morgan fingerprint density at radius 1 is 1.19 bits per heavy atom. The molecule has 0 saturated carbocycles. The van der Waals surface area contributed by atoms with Gasteiger partial charge in [-0.05, 0) is 45.0 Å². The number of carbonyl (C=O) groups excluding carboxylic acids is 4. The Morgan fingerprint density at radius 2 is 1.85 bits per heavy atom. The van der Waals surface area contributed by atoms with Crippen LogP contribution < -0.4 is 15.8 Å². The van der Waals surface area contributed by atoms with Gasteiger partial charge in [0.2, 0.25) is 17.7 Å². The summed E-state index contributed by atoms with van der Waals surface area (Å²) in [7, 11) is 0. The van der Waals surface area contributed by atoms with E-state index in [1.807, 2.05) is 13.8 Å². The highest BCUT2D eigenvalue weighted by Gasteiger charge is 2.25. The maximum absolute atomic E-state index is 12.6. The van der Waals surface area contributed by atoms with Gasteiger partial charge in [-0.2, -0.15) is 0 Å². The van der Waals surface area contributed by atoms with Crippen LogP contribution >= 0.6 is 0 Å². The van der Waals surface area contributed by atoms with Gasteiger partial charge in [-0.1, -0.05) is 0 Å². The molecule has 1 fully saturated rings. The lowest BCUT2D eigenvalue weighted by Crippen LogP contribution is -2.50. The van der Waals surface area contributed by atoms with Crippen LogP contribution in [0.5, 0.6) is 0 Å². The van der Waals surface area contributed by atoms with E-state index >= 15 is 0 Å². The van der Waals surface area contributed by atoms with Crippen LogP contribution in [0.1, 0.15) is 44.0 Å². The summed E-state index contributed by atoms with van der Waals surface area (Å²) in [6.45, 7) is 5.89. The van der Waals surface area contributed by atoms with Crippen molar-refractivity contribution in [1.29, 1.82) is 0 Å². The summed E-state index contributed by atoms with van der Waals surface area (Å²) in [5, 5.41) is 3.95. The Bertz CT molecular complexity index is 700. The van der Waals surface area contributed by atoms with Crippen LogP contribution in [0.2, 0.25) is 0 Å². The lowest BCUT2D eigenvalue weighted by Gasteiger charge is -2.27. The number of likely N-dealkylation sites (N-methyl/N-ethyl adjacent to an activating group) is 1. The molecule has 1 saturated heterocycles. The molecule has 1 heterocycles. The molecule has 0 unspecified atom stereocenters. The van der Waals surface area contributed by atoms with Crippen molar-refractivity contribution in [2.24, 2.45) is 0 Å². The van der Waals surface area contributed by atoms with Crippen molar-refractivity contribution in [1.82, 2.24) is 15.6 Å². The van der Waals surface area contributed by atoms with Crippen LogP contribution in [-0.2, 0) is 14.4 Å². The maximum Gasteiger partial charge on any atom is 0.254 e. The first-order valence-electron chi connectivity index (χ1n) is 8.63. The number of amides is 4. The van der Waals surface area contributed by atoms with Gasteiger partial charge in [-0.15, -0.1) is 0 Å². The van der Waals surface area contributed by atoms with Crippen molar-refractivity contribution < 1.29 is 19.2 Å². The minimum Gasteiger partial charge on any atom is -0.352 e. The molecule has 2 rings (SSSR count). The van der Waals surface area contributed by atoms with Crippen LogP contribution in [0, 0.1) is 0 Å². The molecule has 0 radical (unpaired) electrons. The fourth-order valence-electron chi connectivity index (χ4n) is 2.59. The molecule has 1 aliphatic heterocycles. The molecule has 1 aliphatic rings. The average Bonchev–Trinajstić information content (AvgIpc) is 2.60. The molecule has 4 amide bonds. The zero-order valence-electron chi connectivity index (χ0n) is 15.2. The molecule has 0 aliphatic carbocycles. The molecular formula is C18H24N4O4. The predicted octanol–water partition coefficient (Wildman–Crippen LogP) is 0.831. The molecule has 26 heavy (non-hydrogen) atoms. The van der Waals surface area contributed by atoms with Gasteiger partial charge in [-0.25, -0.2) is 5.01 Å². The van der Waals surface area contributed by atoms with Crippen molar-refractivity contribution in [2.75, 3.05) is 18.1 Å². The zero-order chi connectivity index (χ0) is 19.3. The number of carbonyl (C=O) groups is 4. The van der Waals surface area contributed by atoms with Crippen LogP contribution in [0.25, 0.3) is 0 Å². The van der Waals surface area contributed by atoms with Crippen molar-refractivity contribution in [3.05, 3.63) is 29.8 Å². The standard InChI is InChI=1S/C18H24N4O4/c1-4-21(11-16(24)19-12(2)3)18(26)13-5-7-14(8-6-13)22-17(25)10-9-15(23)20-22/h5-8,12H,4,9-11H2,1-3H3,(H,19,24)(H,20,23). The van der Waals surface area contributed by atoms with E-state index in [0.29, 0.717) is 17.8 Å². The van der Waals surface area contributed by atoms with Gasteiger partial charge in [-0.3, -0.25) is 24.6 Å². The molecule has 1 aromatic carbocycles. The van der Waals surface area contributed by atoms with Gasteiger partial charge >= 0.3 is 0 Å². The minimum absolute atomic E-state index is 0.00730. The predicted molar refractivity (Wildman–Crippen MR) is 96.2 cm³/mol. The normalized spacial score (nSPS) is 14.2. The van der Waals surface area contributed by atoms with Crippen molar-refractivity contribution in [3.63, 3.8) is 0 Å². The molecule has 8 heteroatoms. The Morgan fingerprint density at radius 3 is 2.42 bits per heavy atom. The van der Waals surface area contributed by atoms with E-state index in [0.717, 1.165) is 0 Å². The number of rotatable bonds is 6. The molecule has 140 valence electrons. The monoisotopic (exact) mass is 360 g/mol. The summed E-state index contributed by atoms with van der Waals surface area (Å²) >= 11 is 0. The average molecular weight is 360 g/mol. The Hall–Kier alpha value is -2.90. The van der Waals surface area contributed by atoms with Gasteiger partial charge in [0.1, 0.15) is 0 Å². The Balaban J connectivity index is 2.08. The summed E-state index contributed by atoms with van der Waals surface area (Å²) in [4.78, 5) is 49.3. The second-order valence-corrected chi connectivity index (χ2v) is 6.35. The number of nitrogens with zero attached hydrogens (tertiary/aromatic N) is 2. The van der Waals surface area contributed by atoms with Gasteiger partial charge in [0.15, 0.2) is 0 Å². The van der Waals surface area contributed by atoms with E-state index in [1.54, 1.807) is 31.2 Å². The molecule has 0 bridgehead atoms. The third kappa shape index (κ3) is 4.81. The van der Waals surface area contributed by atoms with Crippen molar-refractivity contribution in [3.8, 4) is 0 Å². The number of anilines is 1. The molecule has 8 nitrogen and oxygen atoms in total. The molecular weight excluding hydrogens is 336 g/mol. The summed E-state index contributed by atoms with van der Waals surface area (Å²) in [5.41, 5.74) is 3.40. The number of benzene rings is 1. The van der Waals surface area contributed by atoms with E-state index < -0.39 is 0 Å². The van der Waals surface area contributed by atoms with Crippen LogP contribution in [0.3, 0.4) is 0 Å². The molecule has 0 spiro atoms.